The summed E-state index contributed by atoms with van der Waals surface area (Å²) in [6.07, 6.45) is 1.04. The van der Waals surface area contributed by atoms with Gasteiger partial charge >= 0.3 is 0 Å². The van der Waals surface area contributed by atoms with Crippen LogP contribution in [0.15, 0.2) is 18.2 Å². The van der Waals surface area contributed by atoms with Crippen LogP contribution < -0.4 is 10.2 Å². The molecule has 108 valence electrons. The van der Waals surface area contributed by atoms with Crippen molar-refractivity contribution in [1.82, 2.24) is 5.32 Å². The number of aliphatic hydroxyl groups excluding tert-OH is 1. The minimum Gasteiger partial charge on any atom is -0.394 e. The van der Waals surface area contributed by atoms with Gasteiger partial charge in [0.05, 0.1) is 6.61 Å². The van der Waals surface area contributed by atoms with Crippen LogP contribution in [0.4, 0.5) is 10.1 Å². The Morgan fingerprint density at radius 2 is 2.05 bits per heavy atom. The predicted octanol–water partition coefficient (Wildman–Crippen LogP) is 2.70. The monoisotopic (exact) mass is 268 g/mol. The van der Waals surface area contributed by atoms with Gasteiger partial charge in [-0.25, -0.2) is 4.39 Å². The fraction of sp³-hybridized carbons (Fsp3) is 0.600. The highest BCUT2D eigenvalue weighted by molar-refractivity contribution is 5.55. The minimum atomic E-state index is -0.228. The summed E-state index contributed by atoms with van der Waals surface area (Å²) >= 11 is 0. The molecular formula is C15H25FN2O. The third kappa shape index (κ3) is 4.18. The first-order valence-electron chi connectivity index (χ1n) is 6.87. The first-order valence-corrected chi connectivity index (χ1v) is 6.87. The van der Waals surface area contributed by atoms with Gasteiger partial charge in [-0.2, -0.15) is 0 Å². The lowest BCUT2D eigenvalue weighted by atomic mass is 10.0. The fourth-order valence-electron chi connectivity index (χ4n) is 2.02. The van der Waals surface area contributed by atoms with Crippen LogP contribution in [-0.2, 0) is 0 Å². The summed E-state index contributed by atoms with van der Waals surface area (Å²) in [6.45, 7) is 7.05. The summed E-state index contributed by atoms with van der Waals surface area (Å²) in [4.78, 5) is 1.99. The van der Waals surface area contributed by atoms with Gasteiger partial charge in [0.2, 0.25) is 0 Å². The Kier molecular flexibility index (Phi) is 6.25. The minimum absolute atomic E-state index is 0.00239. The third-order valence-corrected chi connectivity index (χ3v) is 3.46. The van der Waals surface area contributed by atoms with Crippen LogP contribution in [0.25, 0.3) is 0 Å². The van der Waals surface area contributed by atoms with Crippen molar-refractivity contribution in [3.63, 3.8) is 0 Å². The molecule has 2 N–H and O–H groups in total. The maximum absolute atomic E-state index is 13.5. The number of nitrogens with zero attached hydrogens (tertiary/aromatic N) is 1. The van der Waals surface area contributed by atoms with Gasteiger partial charge in [-0.15, -0.1) is 0 Å². The predicted molar refractivity (Wildman–Crippen MR) is 78.1 cm³/mol. The number of rotatable bonds is 7. The van der Waals surface area contributed by atoms with E-state index in [0.29, 0.717) is 0 Å². The third-order valence-electron chi connectivity index (χ3n) is 3.46. The molecule has 1 rings (SSSR count). The number of hydrogen-bond acceptors (Lipinski definition) is 3. The van der Waals surface area contributed by atoms with Gasteiger partial charge in [-0.05, 0) is 50.6 Å². The van der Waals surface area contributed by atoms with E-state index >= 15 is 0 Å². The first-order chi connectivity index (χ1) is 9.01. The molecule has 0 saturated heterocycles. The Morgan fingerprint density at radius 3 is 2.63 bits per heavy atom. The molecule has 0 saturated carbocycles. The molecular weight excluding hydrogens is 243 g/mol. The van der Waals surface area contributed by atoms with E-state index in [-0.39, 0.29) is 24.5 Å². The van der Waals surface area contributed by atoms with E-state index < -0.39 is 0 Å². The molecule has 1 aromatic carbocycles. The zero-order chi connectivity index (χ0) is 14.4. The topological polar surface area (TPSA) is 35.5 Å². The highest BCUT2D eigenvalue weighted by Gasteiger charge is 2.17. The second-order valence-corrected chi connectivity index (χ2v) is 5.02. The molecule has 0 heterocycles. The molecule has 0 bridgehead atoms. The van der Waals surface area contributed by atoms with Crippen LogP contribution in [0.1, 0.15) is 38.8 Å². The molecule has 19 heavy (non-hydrogen) atoms. The van der Waals surface area contributed by atoms with Crippen molar-refractivity contribution in [2.75, 3.05) is 25.1 Å². The van der Waals surface area contributed by atoms with E-state index in [0.717, 1.165) is 24.2 Å². The van der Waals surface area contributed by atoms with Crippen LogP contribution in [0.3, 0.4) is 0 Å². The molecule has 1 aromatic rings. The smallest absolute Gasteiger partial charge is 0.123 e. The molecule has 0 spiro atoms. The number of nitrogens with one attached hydrogen (secondary N) is 1. The first kappa shape index (κ1) is 15.9. The quantitative estimate of drug-likeness (QED) is 0.798. The fourth-order valence-corrected chi connectivity index (χ4v) is 2.02. The lowest BCUT2D eigenvalue weighted by molar-refractivity contribution is 0.270. The summed E-state index contributed by atoms with van der Waals surface area (Å²) in [6, 6.07) is 4.90. The summed E-state index contributed by atoms with van der Waals surface area (Å²) < 4.78 is 13.5. The summed E-state index contributed by atoms with van der Waals surface area (Å²) in [5.74, 6) is -0.228. The number of halogens is 1. The Bertz CT molecular complexity index is 398. The molecule has 3 nitrogen and oxygen atoms in total. The van der Waals surface area contributed by atoms with Gasteiger partial charge in [0.15, 0.2) is 0 Å². The Hall–Kier alpha value is -1.13. The van der Waals surface area contributed by atoms with Crippen LogP contribution in [-0.4, -0.2) is 31.3 Å². The van der Waals surface area contributed by atoms with Crippen LogP contribution in [0.2, 0.25) is 0 Å². The lowest BCUT2D eigenvalue weighted by Crippen LogP contribution is -2.33. The zero-order valence-electron chi connectivity index (χ0n) is 12.3. The van der Waals surface area contributed by atoms with Crippen LogP contribution in [0, 0.1) is 5.82 Å². The van der Waals surface area contributed by atoms with Crippen molar-refractivity contribution in [2.45, 2.75) is 39.3 Å². The van der Waals surface area contributed by atoms with E-state index in [9.17, 15) is 9.50 Å². The van der Waals surface area contributed by atoms with Crippen molar-refractivity contribution < 1.29 is 9.50 Å². The average molecular weight is 268 g/mol. The largest absolute Gasteiger partial charge is 0.394 e. The van der Waals surface area contributed by atoms with E-state index in [1.54, 1.807) is 12.1 Å². The van der Waals surface area contributed by atoms with Crippen molar-refractivity contribution in [2.24, 2.45) is 0 Å². The maximum Gasteiger partial charge on any atom is 0.123 e. The summed E-state index contributed by atoms with van der Waals surface area (Å²) in [7, 11) is 1.92. The van der Waals surface area contributed by atoms with Gasteiger partial charge in [0.25, 0.3) is 0 Å². The van der Waals surface area contributed by atoms with Crippen molar-refractivity contribution in [3.05, 3.63) is 29.6 Å². The Labute approximate surface area is 115 Å². The number of anilines is 1. The number of hydrogen-bond donors (Lipinski definition) is 2. The van der Waals surface area contributed by atoms with Gasteiger partial charge in [-0.1, -0.05) is 6.92 Å². The molecule has 0 aliphatic heterocycles. The molecule has 4 heteroatoms. The maximum atomic E-state index is 13.5. The summed E-state index contributed by atoms with van der Waals surface area (Å²) in [5, 5.41) is 12.6. The second-order valence-electron chi connectivity index (χ2n) is 5.02. The standard InChI is InChI=1S/C15H25FN2O/c1-5-8-17-12(3)14-9-13(16)6-7-15(14)18(4)11(2)10-19/h6-7,9,11-12,17,19H,5,8,10H2,1-4H3. The highest BCUT2D eigenvalue weighted by Crippen LogP contribution is 2.27. The molecule has 0 aliphatic carbocycles. The van der Waals surface area contributed by atoms with E-state index in [4.69, 9.17) is 0 Å². The molecule has 0 radical (unpaired) electrons. The molecule has 2 unspecified atom stereocenters. The molecule has 0 amide bonds. The van der Waals surface area contributed by atoms with Crippen molar-refractivity contribution >= 4 is 5.69 Å². The molecule has 0 fully saturated rings. The molecule has 0 aromatic heterocycles. The van der Waals surface area contributed by atoms with Crippen LogP contribution in [0.5, 0.6) is 0 Å². The van der Waals surface area contributed by atoms with Gasteiger partial charge in [0, 0.05) is 24.8 Å². The summed E-state index contributed by atoms with van der Waals surface area (Å²) in [5.41, 5.74) is 1.88. The Balaban J connectivity index is 3.03. The zero-order valence-corrected chi connectivity index (χ0v) is 12.3. The van der Waals surface area contributed by atoms with E-state index in [1.165, 1.54) is 6.07 Å². The van der Waals surface area contributed by atoms with E-state index in [1.807, 2.05) is 25.8 Å². The van der Waals surface area contributed by atoms with Gasteiger partial charge in [0.1, 0.15) is 5.82 Å². The molecule has 0 aliphatic rings. The lowest BCUT2D eigenvalue weighted by Gasteiger charge is -2.29. The van der Waals surface area contributed by atoms with Gasteiger partial charge in [-0.3, -0.25) is 0 Å². The SMILES string of the molecule is CCCNC(C)c1cc(F)ccc1N(C)C(C)CO. The molecule has 2 atom stereocenters. The Morgan fingerprint density at radius 1 is 1.37 bits per heavy atom. The number of benzene rings is 1. The van der Waals surface area contributed by atoms with E-state index in [2.05, 4.69) is 12.2 Å². The average Bonchev–Trinajstić information content (AvgIpc) is 2.42. The van der Waals surface area contributed by atoms with Crippen LogP contribution >= 0.6 is 0 Å². The van der Waals surface area contributed by atoms with Crippen molar-refractivity contribution in [1.29, 1.82) is 0 Å². The number of aliphatic hydroxyl groups is 1. The van der Waals surface area contributed by atoms with Gasteiger partial charge < -0.3 is 15.3 Å². The number of likely N-dealkylation sites (N-methyl/N-ethyl adjacent to an activating group) is 1. The second kappa shape index (κ2) is 7.46. The van der Waals surface area contributed by atoms with Crippen molar-refractivity contribution in [3.8, 4) is 0 Å². The highest BCUT2D eigenvalue weighted by atomic mass is 19.1. The normalized spacial score (nSPS) is 14.2.